The molecule has 0 fully saturated rings. The second-order valence-electron chi connectivity index (χ2n) is 5.97. The Hall–Kier alpha value is -2.49. The topological polar surface area (TPSA) is 47.6 Å². The van der Waals surface area contributed by atoms with Crippen molar-refractivity contribution in [2.75, 3.05) is 13.2 Å². The minimum absolute atomic E-state index is 0.117. The molecule has 1 amide bonds. The van der Waals surface area contributed by atoms with Crippen LogP contribution in [0.4, 0.5) is 0 Å². The smallest absolute Gasteiger partial charge is 0.261 e. The number of carbonyl (C=O) groups is 1. The molecule has 2 aromatic carbocycles. The van der Waals surface area contributed by atoms with Gasteiger partial charge in [-0.1, -0.05) is 38.1 Å². The Bertz CT molecular complexity index is 667. The highest BCUT2D eigenvalue weighted by molar-refractivity contribution is 5.81. The summed E-state index contributed by atoms with van der Waals surface area (Å²) in [5, 5.41) is 2.87. The van der Waals surface area contributed by atoms with Gasteiger partial charge in [0.15, 0.2) is 6.10 Å². The van der Waals surface area contributed by atoms with Crippen LogP contribution in [0.3, 0.4) is 0 Å². The van der Waals surface area contributed by atoms with Crippen LogP contribution in [0.2, 0.25) is 0 Å². The van der Waals surface area contributed by atoms with Crippen LogP contribution in [0.15, 0.2) is 48.5 Å². The summed E-state index contributed by atoms with van der Waals surface area (Å²) in [6, 6.07) is 15.7. The number of carbonyl (C=O) groups excluding carboxylic acids is 1. The molecule has 0 bridgehead atoms. The number of benzene rings is 2. The predicted octanol–water partition coefficient (Wildman–Crippen LogP) is 3.91. The third-order valence-corrected chi connectivity index (χ3v) is 3.93. The predicted molar refractivity (Wildman–Crippen MR) is 100 cm³/mol. The van der Waals surface area contributed by atoms with Gasteiger partial charge >= 0.3 is 0 Å². The SMILES string of the molecule is CCc1ccc(OCCNC(=O)C(CC)Oc2cccc(C)c2)cc1. The van der Waals surface area contributed by atoms with E-state index in [1.54, 1.807) is 0 Å². The fraction of sp³-hybridized carbons (Fsp3) is 0.381. The van der Waals surface area contributed by atoms with E-state index in [1.165, 1.54) is 5.56 Å². The van der Waals surface area contributed by atoms with Gasteiger partial charge in [-0.25, -0.2) is 0 Å². The fourth-order valence-corrected chi connectivity index (χ4v) is 2.45. The molecule has 0 saturated heterocycles. The Morgan fingerprint density at radius 2 is 1.84 bits per heavy atom. The second-order valence-corrected chi connectivity index (χ2v) is 5.97. The number of hydrogen-bond acceptors (Lipinski definition) is 3. The summed E-state index contributed by atoms with van der Waals surface area (Å²) in [7, 11) is 0. The maximum atomic E-state index is 12.3. The van der Waals surface area contributed by atoms with Crippen molar-refractivity contribution in [3.63, 3.8) is 0 Å². The highest BCUT2D eigenvalue weighted by Gasteiger charge is 2.17. The van der Waals surface area contributed by atoms with E-state index in [1.807, 2.05) is 50.2 Å². The number of nitrogens with one attached hydrogen (secondary N) is 1. The molecule has 25 heavy (non-hydrogen) atoms. The number of rotatable bonds is 9. The number of aryl methyl sites for hydroxylation is 2. The minimum atomic E-state index is -0.495. The largest absolute Gasteiger partial charge is 0.492 e. The van der Waals surface area contributed by atoms with Crippen molar-refractivity contribution in [3.8, 4) is 11.5 Å². The molecule has 0 aromatic heterocycles. The highest BCUT2D eigenvalue weighted by atomic mass is 16.5. The van der Waals surface area contributed by atoms with Gasteiger partial charge in [-0.15, -0.1) is 0 Å². The van der Waals surface area contributed by atoms with Crippen molar-refractivity contribution in [1.82, 2.24) is 5.32 Å². The van der Waals surface area contributed by atoms with E-state index >= 15 is 0 Å². The molecular weight excluding hydrogens is 314 g/mol. The summed E-state index contributed by atoms with van der Waals surface area (Å²) in [5.74, 6) is 1.41. The van der Waals surface area contributed by atoms with E-state index in [9.17, 15) is 4.79 Å². The third-order valence-electron chi connectivity index (χ3n) is 3.93. The Balaban J connectivity index is 1.75. The van der Waals surface area contributed by atoms with Crippen molar-refractivity contribution < 1.29 is 14.3 Å². The monoisotopic (exact) mass is 341 g/mol. The van der Waals surface area contributed by atoms with Crippen LogP contribution in [0.25, 0.3) is 0 Å². The molecule has 4 nitrogen and oxygen atoms in total. The van der Waals surface area contributed by atoms with Crippen LogP contribution < -0.4 is 14.8 Å². The fourth-order valence-electron chi connectivity index (χ4n) is 2.45. The molecule has 0 heterocycles. The summed E-state index contributed by atoms with van der Waals surface area (Å²) in [6.45, 7) is 6.93. The molecule has 0 aliphatic rings. The van der Waals surface area contributed by atoms with Crippen LogP contribution in [-0.2, 0) is 11.2 Å². The van der Waals surface area contributed by atoms with Gasteiger partial charge in [0, 0.05) is 0 Å². The van der Waals surface area contributed by atoms with E-state index in [4.69, 9.17) is 9.47 Å². The van der Waals surface area contributed by atoms with Gasteiger partial charge in [0.2, 0.25) is 0 Å². The van der Waals surface area contributed by atoms with Gasteiger partial charge < -0.3 is 14.8 Å². The molecule has 0 saturated carbocycles. The zero-order valence-corrected chi connectivity index (χ0v) is 15.2. The Kier molecular flexibility index (Phi) is 7.33. The molecule has 1 unspecified atom stereocenters. The molecule has 0 radical (unpaired) electrons. The summed E-state index contributed by atoms with van der Waals surface area (Å²) in [4.78, 5) is 12.3. The van der Waals surface area contributed by atoms with Crippen LogP contribution >= 0.6 is 0 Å². The van der Waals surface area contributed by atoms with Crippen molar-refractivity contribution in [3.05, 3.63) is 59.7 Å². The van der Waals surface area contributed by atoms with Gasteiger partial charge in [0.05, 0.1) is 6.54 Å². The second kappa shape index (κ2) is 9.72. The summed E-state index contributed by atoms with van der Waals surface area (Å²) in [6.07, 6.45) is 1.13. The minimum Gasteiger partial charge on any atom is -0.492 e. The summed E-state index contributed by atoms with van der Waals surface area (Å²) < 4.78 is 11.4. The number of amides is 1. The first kappa shape index (κ1) is 18.8. The highest BCUT2D eigenvalue weighted by Crippen LogP contribution is 2.15. The Morgan fingerprint density at radius 1 is 1.08 bits per heavy atom. The molecule has 0 aliphatic heterocycles. The van der Waals surface area contributed by atoms with Gasteiger partial charge in [-0.05, 0) is 55.2 Å². The maximum absolute atomic E-state index is 12.3. The van der Waals surface area contributed by atoms with E-state index < -0.39 is 6.10 Å². The van der Waals surface area contributed by atoms with Crippen LogP contribution in [-0.4, -0.2) is 25.2 Å². The van der Waals surface area contributed by atoms with Gasteiger partial charge in [0.25, 0.3) is 5.91 Å². The zero-order chi connectivity index (χ0) is 18.1. The molecular formula is C21H27NO3. The van der Waals surface area contributed by atoms with Crippen molar-refractivity contribution >= 4 is 5.91 Å². The lowest BCUT2D eigenvalue weighted by atomic mass is 10.2. The lowest BCUT2D eigenvalue weighted by molar-refractivity contribution is -0.128. The summed E-state index contributed by atoms with van der Waals surface area (Å²) in [5.41, 5.74) is 2.38. The molecule has 0 aliphatic carbocycles. The molecule has 2 rings (SSSR count). The Morgan fingerprint density at radius 3 is 2.48 bits per heavy atom. The Labute approximate surface area is 150 Å². The third kappa shape index (κ3) is 6.14. The van der Waals surface area contributed by atoms with Gasteiger partial charge in [0.1, 0.15) is 18.1 Å². The first-order valence-electron chi connectivity index (χ1n) is 8.85. The molecule has 1 atom stereocenters. The standard InChI is InChI=1S/C21H27NO3/c1-4-17-9-11-18(12-10-17)24-14-13-22-21(23)20(5-2)25-19-8-6-7-16(3)15-19/h6-12,15,20H,4-5,13-14H2,1-3H3,(H,22,23). The molecule has 4 heteroatoms. The van der Waals surface area contributed by atoms with Gasteiger partial charge in [-0.2, -0.15) is 0 Å². The van der Waals surface area contributed by atoms with E-state index in [2.05, 4.69) is 24.4 Å². The van der Waals surface area contributed by atoms with Crippen LogP contribution in [0, 0.1) is 6.92 Å². The lowest BCUT2D eigenvalue weighted by Crippen LogP contribution is -2.39. The van der Waals surface area contributed by atoms with Crippen LogP contribution in [0.5, 0.6) is 11.5 Å². The first-order valence-corrected chi connectivity index (χ1v) is 8.85. The summed E-state index contributed by atoms with van der Waals surface area (Å²) >= 11 is 0. The van der Waals surface area contributed by atoms with E-state index in [0.29, 0.717) is 25.3 Å². The molecule has 2 aromatic rings. The van der Waals surface area contributed by atoms with Crippen molar-refractivity contribution in [2.24, 2.45) is 0 Å². The normalized spacial score (nSPS) is 11.6. The zero-order valence-electron chi connectivity index (χ0n) is 15.2. The molecule has 134 valence electrons. The van der Waals surface area contributed by atoms with Crippen molar-refractivity contribution in [1.29, 1.82) is 0 Å². The molecule has 1 N–H and O–H groups in total. The van der Waals surface area contributed by atoms with Crippen LogP contribution in [0.1, 0.15) is 31.4 Å². The van der Waals surface area contributed by atoms with Crippen molar-refractivity contribution in [2.45, 2.75) is 39.7 Å². The average Bonchev–Trinajstić information content (AvgIpc) is 2.63. The first-order chi connectivity index (χ1) is 12.1. The quantitative estimate of drug-likeness (QED) is 0.704. The maximum Gasteiger partial charge on any atom is 0.261 e. The number of hydrogen-bond donors (Lipinski definition) is 1. The van der Waals surface area contributed by atoms with E-state index in [0.717, 1.165) is 17.7 Å². The lowest BCUT2D eigenvalue weighted by Gasteiger charge is -2.17. The average molecular weight is 341 g/mol. The van der Waals surface area contributed by atoms with E-state index in [-0.39, 0.29) is 5.91 Å². The van der Waals surface area contributed by atoms with Gasteiger partial charge in [-0.3, -0.25) is 4.79 Å². The molecule has 0 spiro atoms. The number of ether oxygens (including phenoxy) is 2.